The summed E-state index contributed by atoms with van der Waals surface area (Å²) in [5.41, 5.74) is 22.9. The first-order valence-corrected chi connectivity index (χ1v) is 20.1. The van der Waals surface area contributed by atoms with Crippen LogP contribution < -0.4 is 37.5 Å². The number of hydrogen-bond donors (Lipinski definition) is 5. The minimum atomic E-state index is -0.628. The van der Waals surface area contributed by atoms with Gasteiger partial charge in [-0.05, 0) is 76.9 Å². The molecule has 5 rings (SSSR count). The van der Waals surface area contributed by atoms with Gasteiger partial charge in [0.25, 0.3) is 11.8 Å². The summed E-state index contributed by atoms with van der Waals surface area (Å²) in [6.07, 6.45) is 7.65. The molecule has 0 aliphatic rings. The molecule has 4 aromatic heterocycles. The molecule has 324 valence electrons. The van der Waals surface area contributed by atoms with Crippen molar-refractivity contribution >= 4 is 74.4 Å². The van der Waals surface area contributed by atoms with Crippen LogP contribution in [0.2, 0.25) is 0 Å². The lowest BCUT2D eigenvalue weighted by atomic mass is 10.2. The Kier molecular flexibility index (Phi) is 16.7. The highest BCUT2D eigenvalue weighted by Gasteiger charge is 2.20. The molecule has 4 heterocycles. The summed E-state index contributed by atoms with van der Waals surface area (Å²) in [6, 6.07) is 7.10. The third-order valence-electron chi connectivity index (χ3n) is 8.77. The number of nitrogens with zero attached hydrogens (tertiary/aromatic N) is 9. The lowest BCUT2D eigenvalue weighted by Gasteiger charge is -2.15. The number of amides is 5. The van der Waals surface area contributed by atoms with Gasteiger partial charge in [0.05, 0.1) is 28.1 Å². The van der Waals surface area contributed by atoms with Crippen molar-refractivity contribution in [3.8, 4) is 5.75 Å². The molecule has 0 spiro atoms. The molecular formula is C40H52N14O6S. The van der Waals surface area contributed by atoms with Gasteiger partial charge < -0.3 is 26.5 Å². The van der Waals surface area contributed by atoms with Crippen LogP contribution in [0.3, 0.4) is 0 Å². The number of nitrogens with one attached hydrogen (secondary N) is 2. The largest absolute Gasteiger partial charge is 0.491 e. The SMILES string of the molecule is CCN=C(/C=C(/C)N)C(=O)Nc1nc2cc(C)cc(OCCCC(=O)N(C)NC)c2n1C/C=C/Cn1c(=NC(=O)c2cc(C)nn2CC)sc2cc(C(N)=O)cnc21.NC=O. The fourth-order valence-corrected chi connectivity index (χ4v) is 7.02. The summed E-state index contributed by atoms with van der Waals surface area (Å²) in [5, 5.41) is 8.71. The maximum Gasteiger partial charge on any atom is 0.297 e. The van der Waals surface area contributed by atoms with E-state index in [1.165, 1.54) is 28.6 Å². The van der Waals surface area contributed by atoms with E-state index in [0.29, 0.717) is 68.5 Å². The van der Waals surface area contributed by atoms with Crippen molar-refractivity contribution in [2.75, 3.05) is 32.6 Å². The highest BCUT2D eigenvalue weighted by molar-refractivity contribution is 7.16. The van der Waals surface area contributed by atoms with Crippen molar-refractivity contribution in [3.63, 3.8) is 0 Å². The number of aliphatic imine (C=N–C) groups is 1. The van der Waals surface area contributed by atoms with E-state index in [1.54, 1.807) is 42.4 Å². The molecule has 1 aromatic carbocycles. The van der Waals surface area contributed by atoms with Crippen LogP contribution in [0.15, 0.2) is 64.4 Å². The number of thiazole rings is 1. The Bertz CT molecular complexity index is 2570. The van der Waals surface area contributed by atoms with Crippen LogP contribution in [0, 0.1) is 13.8 Å². The number of hydrazine groups is 1. The van der Waals surface area contributed by atoms with Crippen LogP contribution in [0.25, 0.3) is 21.4 Å². The molecule has 0 saturated carbocycles. The highest BCUT2D eigenvalue weighted by atomic mass is 32.1. The van der Waals surface area contributed by atoms with E-state index in [-0.39, 0.29) is 55.7 Å². The molecule has 0 radical (unpaired) electrons. The fraction of sp³-hybridized carbons (Fsp3) is 0.350. The quantitative estimate of drug-likeness (QED) is 0.0298. The van der Waals surface area contributed by atoms with Gasteiger partial charge in [-0.3, -0.25) is 48.5 Å². The smallest absolute Gasteiger partial charge is 0.297 e. The summed E-state index contributed by atoms with van der Waals surface area (Å²) in [4.78, 5) is 78.4. The standard InChI is InChI=1S/C39H49N13O5S.CH3NO/c1-8-43-28(19-24(4)40)36(55)46-38-45-27-17-23(3)18-30(57-16-12-13-32(53)49(7)42-6)33(27)50(38)14-10-11-15-51-35-31(21-26(22-44-35)34(41)54)58-39(51)47-37(56)29-20-25(5)48-52(29)9-2;2-1-3/h10-11,17-22,42H,8-9,12-16,40H2,1-7H3,(H2,41,54)(H,45,46,55);1H,(H2,2,3)/b11-10+,24-19-,43-28?,47-39?;. The Morgan fingerprint density at radius 2 is 1.75 bits per heavy atom. The normalized spacial score (nSPS) is 12.1. The number of aryl methyl sites for hydroxylation is 3. The van der Waals surface area contributed by atoms with Crippen LogP contribution in [-0.4, -0.2) is 96.9 Å². The number of carbonyl (C=O) groups excluding carboxylic acids is 5. The van der Waals surface area contributed by atoms with Gasteiger partial charge in [-0.15, -0.1) is 0 Å². The average molecular weight is 857 g/mol. The second-order valence-electron chi connectivity index (χ2n) is 13.4. The summed E-state index contributed by atoms with van der Waals surface area (Å²) >= 11 is 1.20. The Morgan fingerprint density at radius 1 is 1.05 bits per heavy atom. The van der Waals surface area contributed by atoms with Gasteiger partial charge in [0, 0.05) is 58.6 Å². The monoisotopic (exact) mass is 856 g/mol. The second-order valence-corrected chi connectivity index (χ2v) is 14.4. The van der Waals surface area contributed by atoms with E-state index in [1.807, 2.05) is 56.5 Å². The van der Waals surface area contributed by atoms with Gasteiger partial charge in [-0.1, -0.05) is 23.5 Å². The van der Waals surface area contributed by atoms with Crippen LogP contribution in [0.4, 0.5) is 5.95 Å². The van der Waals surface area contributed by atoms with Gasteiger partial charge >= 0.3 is 0 Å². The number of benzene rings is 1. The molecule has 0 saturated heterocycles. The number of fused-ring (bicyclic) bond motifs is 2. The molecule has 0 atom stereocenters. The van der Waals surface area contributed by atoms with Crippen molar-refractivity contribution in [3.05, 3.63) is 81.7 Å². The number of anilines is 1. The van der Waals surface area contributed by atoms with Gasteiger partial charge in [-0.25, -0.2) is 15.4 Å². The molecular weight excluding hydrogens is 805 g/mol. The first kappa shape index (κ1) is 46.7. The van der Waals surface area contributed by atoms with Gasteiger partial charge in [0.2, 0.25) is 24.2 Å². The number of nitrogens with two attached hydrogens (primary N) is 3. The van der Waals surface area contributed by atoms with Crippen molar-refractivity contribution in [2.24, 2.45) is 27.2 Å². The van der Waals surface area contributed by atoms with E-state index >= 15 is 0 Å². The number of rotatable bonds is 17. The first-order valence-electron chi connectivity index (χ1n) is 19.3. The van der Waals surface area contributed by atoms with Gasteiger partial charge in [0.15, 0.2) is 10.4 Å². The number of primary amides is 2. The van der Waals surface area contributed by atoms with Crippen molar-refractivity contribution < 1.29 is 28.7 Å². The molecule has 5 amide bonds. The number of allylic oxidation sites excluding steroid dienone is 3. The molecule has 0 unspecified atom stereocenters. The maximum atomic E-state index is 13.6. The zero-order chi connectivity index (χ0) is 44.8. The second kappa shape index (κ2) is 21.8. The fourth-order valence-electron chi connectivity index (χ4n) is 5.98. The Morgan fingerprint density at radius 3 is 2.39 bits per heavy atom. The van der Waals surface area contributed by atoms with Gasteiger partial charge in [-0.2, -0.15) is 10.1 Å². The molecule has 61 heavy (non-hydrogen) atoms. The predicted molar refractivity (Wildman–Crippen MR) is 234 cm³/mol. The van der Waals surface area contributed by atoms with Crippen LogP contribution in [-0.2, 0) is 34.0 Å². The Labute approximate surface area is 355 Å². The van der Waals surface area contributed by atoms with E-state index in [2.05, 4.69) is 36.5 Å². The summed E-state index contributed by atoms with van der Waals surface area (Å²) in [7, 11) is 3.33. The lowest BCUT2D eigenvalue weighted by molar-refractivity contribution is -0.132. The molecule has 20 nitrogen and oxygen atoms in total. The number of pyridine rings is 1. The third-order valence-corrected chi connectivity index (χ3v) is 9.78. The summed E-state index contributed by atoms with van der Waals surface area (Å²) in [5.74, 6) is -0.891. The van der Waals surface area contributed by atoms with Crippen LogP contribution >= 0.6 is 11.3 Å². The van der Waals surface area contributed by atoms with Crippen molar-refractivity contribution in [1.29, 1.82) is 0 Å². The zero-order valence-corrected chi connectivity index (χ0v) is 36.1. The van der Waals surface area contributed by atoms with E-state index in [9.17, 15) is 19.2 Å². The molecule has 5 aromatic rings. The number of carbonyl (C=O) groups is 5. The third kappa shape index (κ3) is 12.0. The number of ether oxygens (including phenoxy) is 1. The van der Waals surface area contributed by atoms with Crippen molar-refractivity contribution in [2.45, 2.75) is 67.1 Å². The summed E-state index contributed by atoms with van der Waals surface area (Å²) < 4.78 is 12.1. The lowest BCUT2D eigenvalue weighted by Crippen LogP contribution is -2.36. The number of imidazole rings is 1. The number of hydrogen-bond acceptors (Lipinski definition) is 13. The maximum absolute atomic E-state index is 13.6. The minimum absolute atomic E-state index is 0.0743. The number of aromatic nitrogens is 6. The summed E-state index contributed by atoms with van der Waals surface area (Å²) in [6.45, 7) is 10.7. The van der Waals surface area contributed by atoms with Crippen LogP contribution in [0.1, 0.15) is 65.7 Å². The topological polar surface area (TPSA) is 278 Å². The van der Waals surface area contributed by atoms with Crippen LogP contribution in [0.5, 0.6) is 5.75 Å². The average Bonchev–Trinajstić information content (AvgIpc) is 3.88. The first-order chi connectivity index (χ1) is 29.1. The Hall–Kier alpha value is -7.00. The van der Waals surface area contributed by atoms with E-state index < -0.39 is 17.7 Å². The molecule has 0 aliphatic carbocycles. The molecule has 0 aliphatic heterocycles. The molecule has 0 fully saturated rings. The molecule has 8 N–H and O–H groups in total. The molecule has 21 heteroatoms. The predicted octanol–water partition coefficient (Wildman–Crippen LogP) is 2.49. The highest BCUT2D eigenvalue weighted by Crippen LogP contribution is 2.31. The zero-order valence-electron chi connectivity index (χ0n) is 35.3. The van der Waals surface area contributed by atoms with Crippen molar-refractivity contribution in [1.82, 2.24) is 39.3 Å². The van der Waals surface area contributed by atoms with E-state index in [4.69, 9.17) is 26.0 Å². The van der Waals surface area contributed by atoms with Gasteiger partial charge in [0.1, 0.15) is 22.7 Å². The minimum Gasteiger partial charge on any atom is -0.491 e. The Balaban J connectivity index is 0.00000265. The van der Waals surface area contributed by atoms with E-state index in [0.717, 1.165) is 5.56 Å². The molecule has 0 bridgehead atoms.